The van der Waals surface area contributed by atoms with E-state index in [1.165, 1.54) is 131 Å². The van der Waals surface area contributed by atoms with Crippen molar-refractivity contribution >= 4 is 87.1 Å². The number of hydrogen-bond donors (Lipinski definition) is 0. The summed E-state index contributed by atoms with van der Waals surface area (Å²) < 4.78 is 0. The molecule has 0 radical (unpaired) electrons. The second-order valence-corrected chi connectivity index (χ2v) is 15.8. The molecule has 0 bridgehead atoms. The number of allylic oxidation sites excluding steroid dienone is 3. The van der Waals surface area contributed by atoms with Crippen molar-refractivity contribution in [3.05, 3.63) is 193 Å². The maximum absolute atomic E-state index is 2.49. The van der Waals surface area contributed by atoms with Crippen molar-refractivity contribution in [3.8, 4) is 33.4 Å². The summed E-state index contributed by atoms with van der Waals surface area (Å²) in [5.41, 5.74) is 13.4. The minimum atomic E-state index is 0.986. The number of hydrogen-bond acceptors (Lipinski definition) is 0. The molecule has 0 heterocycles. The molecule has 0 saturated heterocycles. The van der Waals surface area contributed by atoms with Crippen LogP contribution in [0.25, 0.3) is 120 Å². The minimum absolute atomic E-state index is 0.986. The van der Waals surface area contributed by atoms with E-state index < -0.39 is 0 Å². The molecule has 11 aromatic rings. The third kappa shape index (κ3) is 4.08. The smallest absolute Gasteiger partial charge is 0.00199 e. The van der Waals surface area contributed by atoms with Crippen LogP contribution in [0.3, 0.4) is 0 Å². The van der Waals surface area contributed by atoms with Crippen molar-refractivity contribution in [1.29, 1.82) is 0 Å². The molecule has 2 aliphatic rings. The van der Waals surface area contributed by atoms with Crippen LogP contribution in [0.2, 0.25) is 0 Å². The molecule has 0 unspecified atom stereocenters. The van der Waals surface area contributed by atoms with Gasteiger partial charge >= 0.3 is 0 Å². The third-order valence-electron chi connectivity index (χ3n) is 13.0. The van der Waals surface area contributed by atoms with Crippen molar-refractivity contribution in [2.75, 3.05) is 0 Å². The maximum Gasteiger partial charge on any atom is -0.00199 e. The molecular weight excluding hydrogens is 673 g/mol. The maximum atomic E-state index is 2.49. The molecule has 11 aromatic carbocycles. The SMILES string of the molecule is C1=Cc2ccc3c(-c4c5ccccc5c(-c5ccc6ccc7cccc8ccc5c6c78)c5cc(-c6cccc7ccccc67)ccc45)ccc4c3c2C(=CC4)C1. The van der Waals surface area contributed by atoms with Crippen molar-refractivity contribution < 1.29 is 0 Å². The standard InChI is InChI=1S/C56H34/c1-2-14-41-33(8-1)9-7-17-42(41)40-26-31-49-50(32-40)56(48-30-25-39-21-19-35-11-6-13-37-23-28-46(48)54(39)52(35)37)44-16-4-3-15-43(44)55(49)47-29-24-38-20-18-34-10-5-12-36-22-27-45(47)53(38)51(34)36/h1-9,11-19,21-32H,10,20H2. The fourth-order valence-electron chi connectivity index (χ4n) is 10.6. The predicted octanol–water partition coefficient (Wildman–Crippen LogP) is 15.6. The first-order valence-corrected chi connectivity index (χ1v) is 19.9. The van der Waals surface area contributed by atoms with Gasteiger partial charge in [0.25, 0.3) is 0 Å². The Kier molecular flexibility index (Phi) is 6.10. The Hall–Kier alpha value is -7.02. The molecule has 2 aliphatic carbocycles. The van der Waals surface area contributed by atoms with Crippen LogP contribution >= 0.6 is 0 Å². The zero-order chi connectivity index (χ0) is 36.5. The van der Waals surface area contributed by atoms with Crippen LogP contribution < -0.4 is 0 Å². The monoisotopic (exact) mass is 706 g/mol. The van der Waals surface area contributed by atoms with E-state index in [0.29, 0.717) is 0 Å². The van der Waals surface area contributed by atoms with Gasteiger partial charge in [-0.05, 0) is 150 Å². The van der Waals surface area contributed by atoms with Crippen LogP contribution in [0.5, 0.6) is 0 Å². The normalized spacial score (nSPS) is 13.6. The van der Waals surface area contributed by atoms with E-state index in [0.717, 1.165) is 12.8 Å². The number of fused-ring (bicyclic) bond motifs is 3. The van der Waals surface area contributed by atoms with Gasteiger partial charge in [-0.3, -0.25) is 0 Å². The molecular formula is C56H34. The Morgan fingerprint density at radius 3 is 1.80 bits per heavy atom. The zero-order valence-electron chi connectivity index (χ0n) is 30.7. The minimum Gasteiger partial charge on any atom is -0.0795 e. The van der Waals surface area contributed by atoms with Crippen LogP contribution in [0.15, 0.2) is 176 Å². The fraction of sp³-hybridized carbons (Fsp3) is 0.0357. The molecule has 0 fully saturated rings. The molecule has 0 spiro atoms. The largest absolute Gasteiger partial charge is 0.0795 e. The lowest BCUT2D eigenvalue weighted by atomic mass is 9.78. The molecule has 0 nitrogen and oxygen atoms in total. The van der Waals surface area contributed by atoms with Gasteiger partial charge in [0.1, 0.15) is 0 Å². The van der Waals surface area contributed by atoms with E-state index in [1.807, 2.05) is 0 Å². The van der Waals surface area contributed by atoms with Crippen molar-refractivity contribution in [3.63, 3.8) is 0 Å². The van der Waals surface area contributed by atoms with Crippen LogP contribution in [0.1, 0.15) is 23.1 Å². The zero-order valence-corrected chi connectivity index (χ0v) is 30.7. The highest BCUT2D eigenvalue weighted by Crippen LogP contribution is 2.51. The van der Waals surface area contributed by atoms with E-state index in [1.54, 1.807) is 0 Å². The van der Waals surface area contributed by atoms with Gasteiger partial charge in [0.2, 0.25) is 0 Å². The Balaban J connectivity index is 1.20. The lowest BCUT2D eigenvalue weighted by molar-refractivity contribution is 1.23. The third-order valence-corrected chi connectivity index (χ3v) is 13.0. The van der Waals surface area contributed by atoms with Crippen molar-refractivity contribution in [1.82, 2.24) is 0 Å². The van der Waals surface area contributed by atoms with Gasteiger partial charge in [0.05, 0.1) is 0 Å². The van der Waals surface area contributed by atoms with Gasteiger partial charge in [0.15, 0.2) is 0 Å². The van der Waals surface area contributed by atoms with Gasteiger partial charge < -0.3 is 0 Å². The van der Waals surface area contributed by atoms with Gasteiger partial charge in [-0.15, -0.1) is 0 Å². The first-order chi connectivity index (χ1) is 27.8. The van der Waals surface area contributed by atoms with Gasteiger partial charge in [-0.1, -0.05) is 176 Å². The summed E-state index contributed by atoms with van der Waals surface area (Å²) in [7, 11) is 0. The summed E-state index contributed by atoms with van der Waals surface area (Å²) in [5, 5.41) is 18.3. The van der Waals surface area contributed by atoms with Crippen LogP contribution in [0, 0.1) is 0 Å². The molecule has 0 aliphatic heterocycles. The molecule has 0 N–H and O–H groups in total. The molecule has 0 atom stereocenters. The summed E-state index contributed by atoms with van der Waals surface area (Å²) in [6.07, 6.45) is 9.08. The van der Waals surface area contributed by atoms with E-state index in [4.69, 9.17) is 0 Å². The Morgan fingerprint density at radius 1 is 0.339 bits per heavy atom. The summed E-state index contributed by atoms with van der Waals surface area (Å²) >= 11 is 0. The molecule has 258 valence electrons. The first-order valence-electron chi connectivity index (χ1n) is 19.9. The number of benzene rings is 11. The summed E-state index contributed by atoms with van der Waals surface area (Å²) in [6, 6.07) is 62.2. The van der Waals surface area contributed by atoms with Crippen molar-refractivity contribution in [2.45, 2.75) is 12.8 Å². The van der Waals surface area contributed by atoms with E-state index in [-0.39, 0.29) is 0 Å². The highest BCUT2D eigenvalue weighted by Gasteiger charge is 2.25. The predicted molar refractivity (Wildman–Crippen MR) is 242 cm³/mol. The van der Waals surface area contributed by atoms with E-state index >= 15 is 0 Å². The Labute approximate surface area is 324 Å². The summed E-state index contributed by atoms with van der Waals surface area (Å²) in [4.78, 5) is 0. The van der Waals surface area contributed by atoms with Crippen LogP contribution in [0.4, 0.5) is 0 Å². The molecule has 13 rings (SSSR count). The number of rotatable bonds is 3. The molecule has 0 saturated carbocycles. The second kappa shape index (κ2) is 11.3. The Morgan fingerprint density at radius 2 is 0.946 bits per heavy atom. The van der Waals surface area contributed by atoms with Gasteiger partial charge in [0, 0.05) is 0 Å². The summed E-state index contributed by atoms with van der Waals surface area (Å²) in [5.74, 6) is 0. The topological polar surface area (TPSA) is 0 Å². The van der Waals surface area contributed by atoms with Crippen LogP contribution in [-0.2, 0) is 6.42 Å². The second-order valence-electron chi connectivity index (χ2n) is 15.8. The highest BCUT2D eigenvalue weighted by molar-refractivity contribution is 6.30. The van der Waals surface area contributed by atoms with Crippen LogP contribution in [-0.4, -0.2) is 0 Å². The van der Waals surface area contributed by atoms with Crippen molar-refractivity contribution in [2.24, 2.45) is 0 Å². The molecule has 0 amide bonds. The molecule has 0 aromatic heterocycles. The average Bonchev–Trinajstić information content (AvgIpc) is 3.26. The summed E-state index contributed by atoms with van der Waals surface area (Å²) in [6.45, 7) is 0. The fourth-order valence-corrected chi connectivity index (χ4v) is 10.6. The Bertz CT molecular complexity index is 3550. The average molecular weight is 707 g/mol. The van der Waals surface area contributed by atoms with Gasteiger partial charge in [-0.25, -0.2) is 0 Å². The molecule has 56 heavy (non-hydrogen) atoms. The molecule has 0 heteroatoms. The highest BCUT2D eigenvalue weighted by atomic mass is 14.3. The van der Waals surface area contributed by atoms with E-state index in [2.05, 4.69) is 182 Å². The lowest BCUT2D eigenvalue weighted by Crippen LogP contribution is -2.04. The first kappa shape index (κ1) is 30.3. The lowest BCUT2D eigenvalue weighted by Gasteiger charge is -2.26. The van der Waals surface area contributed by atoms with Gasteiger partial charge in [-0.2, -0.15) is 0 Å². The quantitative estimate of drug-likeness (QED) is 0.127. The van der Waals surface area contributed by atoms with E-state index in [9.17, 15) is 0 Å².